The molecule has 3 rings (SSSR count). The molecule has 0 fully saturated rings. The quantitative estimate of drug-likeness (QED) is 0.176. The number of carbonyl (C=O) groups excluding carboxylic acids is 2. The van der Waals surface area contributed by atoms with E-state index in [9.17, 15) is 9.59 Å². The van der Waals surface area contributed by atoms with Crippen LogP contribution in [0, 0.1) is 0 Å². The van der Waals surface area contributed by atoms with Gasteiger partial charge < -0.3 is 19.7 Å². The van der Waals surface area contributed by atoms with E-state index >= 15 is 0 Å². The Morgan fingerprint density at radius 1 is 0.829 bits per heavy atom. The van der Waals surface area contributed by atoms with Crippen molar-refractivity contribution >= 4 is 35.0 Å². The predicted octanol–water partition coefficient (Wildman–Crippen LogP) is 7.28. The summed E-state index contributed by atoms with van der Waals surface area (Å²) in [6.07, 6.45) is 2.92. The van der Waals surface area contributed by atoms with Crippen LogP contribution in [0.5, 0.6) is 11.5 Å². The number of nitrogens with zero attached hydrogens (tertiary/aromatic N) is 1. The number of carbonyl (C=O) groups is 2. The number of nitrogens with one attached hydrogen (secondary N) is 1. The number of aryl methyl sites for hydroxylation is 1. The molecule has 1 N–H and O–H groups in total. The lowest BCUT2D eigenvalue weighted by molar-refractivity contribution is -0.141. The van der Waals surface area contributed by atoms with E-state index in [-0.39, 0.29) is 24.8 Å². The van der Waals surface area contributed by atoms with Gasteiger partial charge >= 0.3 is 0 Å². The highest BCUT2D eigenvalue weighted by Crippen LogP contribution is 2.29. The first-order chi connectivity index (χ1) is 19.9. The van der Waals surface area contributed by atoms with Crippen LogP contribution in [-0.2, 0) is 29.0 Å². The van der Waals surface area contributed by atoms with Gasteiger partial charge in [-0.25, -0.2) is 0 Å². The van der Waals surface area contributed by atoms with Crippen molar-refractivity contribution < 1.29 is 19.1 Å². The Hall–Kier alpha value is -3.22. The van der Waals surface area contributed by atoms with E-state index in [1.807, 2.05) is 68.4 Å². The Bertz CT molecular complexity index is 1270. The number of hydrogen-bond acceptors (Lipinski definition) is 4. The number of halogens is 2. The van der Waals surface area contributed by atoms with Crippen molar-refractivity contribution in [3.05, 3.63) is 93.5 Å². The summed E-state index contributed by atoms with van der Waals surface area (Å²) in [5.74, 6) is 1.03. The average Bonchev–Trinajstić information content (AvgIpc) is 2.97. The molecule has 8 heteroatoms. The number of rotatable bonds is 16. The van der Waals surface area contributed by atoms with Crippen molar-refractivity contribution in [2.45, 2.75) is 65.5 Å². The van der Waals surface area contributed by atoms with Gasteiger partial charge in [-0.1, -0.05) is 79.0 Å². The topological polar surface area (TPSA) is 67.9 Å². The van der Waals surface area contributed by atoms with Crippen molar-refractivity contribution in [1.82, 2.24) is 10.2 Å². The summed E-state index contributed by atoms with van der Waals surface area (Å²) in [6, 6.07) is 20.1. The summed E-state index contributed by atoms with van der Waals surface area (Å²) in [4.78, 5) is 29.2. The minimum Gasteiger partial charge on any atom is -0.490 e. The second-order valence-electron chi connectivity index (χ2n) is 9.77. The SMILES string of the molecule is CCCCNC(=O)[C@@H](Cc1ccccc1)N(Cc1ccc(Cl)c(Cl)c1)C(=O)CCc1ccc(OCC)c(OCC)c1. The lowest BCUT2D eigenvalue weighted by Gasteiger charge is -2.32. The van der Waals surface area contributed by atoms with Crippen LogP contribution in [0.25, 0.3) is 0 Å². The molecule has 0 spiro atoms. The number of ether oxygens (including phenoxy) is 2. The van der Waals surface area contributed by atoms with Crippen LogP contribution in [0.1, 0.15) is 56.7 Å². The van der Waals surface area contributed by atoms with Crippen LogP contribution < -0.4 is 14.8 Å². The molecule has 0 aliphatic carbocycles. The highest BCUT2D eigenvalue weighted by molar-refractivity contribution is 6.42. The largest absolute Gasteiger partial charge is 0.490 e. The van der Waals surface area contributed by atoms with Crippen molar-refractivity contribution in [1.29, 1.82) is 0 Å². The maximum atomic E-state index is 13.9. The van der Waals surface area contributed by atoms with Crippen molar-refractivity contribution in [2.75, 3.05) is 19.8 Å². The summed E-state index contributed by atoms with van der Waals surface area (Å²) in [6.45, 7) is 7.74. The Balaban J connectivity index is 1.90. The number of unbranched alkanes of at least 4 members (excludes halogenated alkanes) is 1. The predicted molar refractivity (Wildman–Crippen MR) is 166 cm³/mol. The zero-order chi connectivity index (χ0) is 29.6. The molecule has 0 unspecified atom stereocenters. The van der Waals surface area contributed by atoms with Crippen molar-refractivity contribution in [3.8, 4) is 11.5 Å². The Labute approximate surface area is 253 Å². The first-order valence-electron chi connectivity index (χ1n) is 14.3. The first-order valence-corrected chi connectivity index (χ1v) is 15.0. The summed E-state index contributed by atoms with van der Waals surface area (Å²) >= 11 is 12.5. The van der Waals surface area contributed by atoms with Gasteiger partial charge in [0.1, 0.15) is 6.04 Å². The van der Waals surface area contributed by atoms with Gasteiger partial charge in [0.15, 0.2) is 11.5 Å². The van der Waals surface area contributed by atoms with E-state index in [4.69, 9.17) is 32.7 Å². The summed E-state index contributed by atoms with van der Waals surface area (Å²) in [5.41, 5.74) is 2.72. The highest BCUT2D eigenvalue weighted by atomic mass is 35.5. The monoisotopic (exact) mass is 598 g/mol. The molecule has 220 valence electrons. The smallest absolute Gasteiger partial charge is 0.243 e. The number of hydrogen-bond donors (Lipinski definition) is 1. The average molecular weight is 600 g/mol. The molecule has 3 aromatic rings. The molecular formula is C33H40Cl2N2O4. The number of amides is 2. The van der Waals surface area contributed by atoms with Gasteiger partial charge in [-0.2, -0.15) is 0 Å². The lowest BCUT2D eigenvalue weighted by Crippen LogP contribution is -2.50. The van der Waals surface area contributed by atoms with Gasteiger partial charge in [-0.3, -0.25) is 9.59 Å². The molecule has 6 nitrogen and oxygen atoms in total. The van der Waals surface area contributed by atoms with Gasteiger partial charge in [-0.15, -0.1) is 0 Å². The Kier molecular flexibility index (Phi) is 13.3. The molecule has 0 saturated heterocycles. The Morgan fingerprint density at radius 3 is 2.22 bits per heavy atom. The zero-order valence-corrected chi connectivity index (χ0v) is 25.6. The van der Waals surface area contributed by atoms with Gasteiger partial charge in [0.05, 0.1) is 23.3 Å². The van der Waals surface area contributed by atoms with Crippen LogP contribution in [-0.4, -0.2) is 42.5 Å². The van der Waals surface area contributed by atoms with Crippen molar-refractivity contribution in [3.63, 3.8) is 0 Å². The molecule has 0 bridgehead atoms. The van der Waals surface area contributed by atoms with E-state index in [1.165, 1.54) is 0 Å². The van der Waals surface area contributed by atoms with E-state index in [0.29, 0.717) is 54.1 Å². The van der Waals surface area contributed by atoms with Crippen LogP contribution in [0.15, 0.2) is 66.7 Å². The molecule has 0 aromatic heterocycles. The molecule has 0 radical (unpaired) electrons. The molecule has 0 aliphatic heterocycles. The first kappa shape index (κ1) is 32.3. The van der Waals surface area contributed by atoms with E-state index < -0.39 is 6.04 Å². The minimum atomic E-state index is -0.699. The second kappa shape index (κ2) is 16.9. The molecule has 0 heterocycles. The fourth-order valence-electron chi connectivity index (χ4n) is 4.54. The maximum Gasteiger partial charge on any atom is 0.243 e. The summed E-state index contributed by atoms with van der Waals surface area (Å²) in [7, 11) is 0. The third-order valence-electron chi connectivity index (χ3n) is 6.67. The number of benzene rings is 3. The minimum absolute atomic E-state index is 0.130. The second-order valence-corrected chi connectivity index (χ2v) is 10.6. The van der Waals surface area contributed by atoms with Gasteiger partial charge in [-0.05, 0) is 67.6 Å². The van der Waals surface area contributed by atoms with Crippen molar-refractivity contribution in [2.24, 2.45) is 0 Å². The van der Waals surface area contributed by atoms with Crippen LogP contribution in [0.2, 0.25) is 10.0 Å². The lowest BCUT2D eigenvalue weighted by atomic mass is 10.0. The summed E-state index contributed by atoms with van der Waals surface area (Å²) < 4.78 is 11.5. The third kappa shape index (κ3) is 9.98. The Morgan fingerprint density at radius 2 is 1.54 bits per heavy atom. The molecule has 2 amide bonds. The van der Waals surface area contributed by atoms with Gasteiger partial charge in [0.25, 0.3) is 0 Å². The maximum absolute atomic E-state index is 13.9. The van der Waals surface area contributed by atoms with Crippen LogP contribution >= 0.6 is 23.2 Å². The fourth-order valence-corrected chi connectivity index (χ4v) is 4.86. The van der Waals surface area contributed by atoms with E-state index in [0.717, 1.165) is 29.5 Å². The van der Waals surface area contributed by atoms with Gasteiger partial charge in [0, 0.05) is 25.9 Å². The standard InChI is InChI=1S/C33H40Cl2N2O4/c1-4-7-19-36-33(39)29(21-24-11-9-8-10-12-24)37(23-26-13-16-27(34)28(35)20-26)32(38)18-15-25-14-17-30(40-5-2)31(22-25)41-6-3/h8-14,16-17,20,22,29H,4-7,15,18-19,21,23H2,1-3H3,(H,36,39)/t29-/m1/s1. The normalized spacial score (nSPS) is 11.5. The molecular weight excluding hydrogens is 559 g/mol. The molecule has 41 heavy (non-hydrogen) atoms. The van der Waals surface area contributed by atoms with E-state index in [1.54, 1.807) is 17.0 Å². The van der Waals surface area contributed by atoms with E-state index in [2.05, 4.69) is 12.2 Å². The third-order valence-corrected chi connectivity index (χ3v) is 7.41. The fraction of sp³-hybridized carbons (Fsp3) is 0.394. The molecule has 0 saturated carbocycles. The van der Waals surface area contributed by atoms with Crippen LogP contribution in [0.3, 0.4) is 0 Å². The van der Waals surface area contributed by atoms with Gasteiger partial charge in [0.2, 0.25) is 11.8 Å². The highest BCUT2D eigenvalue weighted by Gasteiger charge is 2.30. The molecule has 1 atom stereocenters. The summed E-state index contributed by atoms with van der Waals surface area (Å²) in [5, 5.41) is 3.89. The van der Waals surface area contributed by atoms with Crippen LogP contribution in [0.4, 0.5) is 0 Å². The molecule has 3 aromatic carbocycles. The molecule has 0 aliphatic rings. The zero-order valence-electron chi connectivity index (χ0n) is 24.1.